The average molecular weight is 291 g/mol. The van der Waals surface area contributed by atoms with Gasteiger partial charge in [0.1, 0.15) is 0 Å². The first kappa shape index (κ1) is 14.2. The Bertz CT molecular complexity index is 587. The van der Waals surface area contributed by atoms with Crippen LogP contribution in [0.3, 0.4) is 0 Å². The highest BCUT2D eigenvalue weighted by molar-refractivity contribution is 7.98. The normalized spacial score (nSPS) is 10.5. The summed E-state index contributed by atoms with van der Waals surface area (Å²) in [6, 6.07) is 12.1. The van der Waals surface area contributed by atoms with E-state index in [1.807, 2.05) is 12.1 Å². The lowest BCUT2D eigenvalue weighted by Gasteiger charge is -2.06. The second-order valence-electron chi connectivity index (χ2n) is 4.59. The van der Waals surface area contributed by atoms with Crippen molar-refractivity contribution in [3.8, 4) is 0 Å². The van der Waals surface area contributed by atoms with Gasteiger partial charge in [-0.2, -0.15) is 0 Å². The number of hydrogen-bond acceptors (Lipinski definition) is 2. The second kappa shape index (κ2) is 6.27. The van der Waals surface area contributed by atoms with Crippen molar-refractivity contribution in [3.05, 3.63) is 63.7 Å². The van der Waals surface area contributed by atoms with Crippen LogP contribution in [-0.2, 0) is 5.75 Å². The molecule has 1 nitrogen and oxygen atoms in total. The van der Waals surface area contributed by atoms with Gasteiger partial charge in [-0.05, 0) is 37.6 Å². The van der Waals surface area contributed by atoms with E-state index in [2.05, 4.69) is 32.0 Å². The third kappa shape index (κ3) is 3.85. The molecule has 0 unspecified atom stereocenters. The second-order valence-corrected chi connectivity index (χ2v) is 6.04. The summed E-state index contributed by atoms with van der Waals surface area (Å²) in [6.45, 7) is 4.22. The minimum Gasteiger partial charge on any atom is -0.298 e. The van der Waals surface area contributed by atoms with E-state index in [4.69, 9.17) is 11.6 Å². The lowest BCUT2D eigenvalue weighted by molar-refractivity contribution is 0.112. The third-order valence-electron chi connectivity index (χ3n) is 2.79. The molecule has 0 radical (unpaired) electrons. The lowest BCUT2D eigenvalue weighted by atomic mass is 10.1. The highest BCUT2D eigenvalue weighted by Gasteiger charge is 2.03. The fourth-order valence-electron chi connectivity index (χ4n) is 2.01. The zero-order valence-electron chi connectivity index (χ0n) is 10.9. The first-order valence-corrected chi connectivity index (χ1v) is 7.39. The van der Waals surface area contributed by atoms with Crippen LogP contribution in [-0.4, -0.2) is 6.29 Å². The molecule has 0 aliphatic rings. The molecule has 2 aromatic carbocycles. The molecule has 3 heteroatoms. The van der Waals surface area contributed by atoms with Gasteiger partial charge >= 0.3 is 0 Å². The maximum Gasteiger partial charge on any atom is 0.151 e. The van der Waals surface area contributed by atoms with Gasteiger partial charge in [-0.1, -0.05) is 40.9 Å². The van der Waals surface area contributed by atoms with Gasteiger partial charge in [-0.15, -0.1) is 11.8 Å². The predicted octanol–water partition coefficient (Wildman–Crippen LogP) is 5.06. The molecule has 0 aliphatic carbocycles. The lowest BCUT2D eigenvalue weighted by Crippen LogP contribution is -1.86. The topological polar surface area (TPSA) is 17.1 Å². The highest BCUT2D eigenvalue weighted by Crippen LogP contribution is 2.27. The molecular formula is C16H15ClOS. The van der Waals surface area contributed by atoms with Gasteiger partial charge < -0.3 is 0 Å². The fraction of sp³-hybridized carbons (Fsp3) is 0.188. The van der Waals surface area contributed by atoms with E-state index in [1.54, 1.807) is 17.8 Å². The van der Waals surface area contributed by atoms with Crippen LogP contribution in [0.15, 0.2) is 41.3 Å². The predicted molar refractivity (Wildman–Crippen MR) is 82.3 cm³/mol. The molecule has 0 atom stereocenters. The van der Waals surface area contributed by atoms with Crippen molar-refractivity contribution in [3.63, 3.8) is 0 Å². The Hall–Kier alpha value is -1.25. The Morgan fingerprint density at radius 2 is 1.79 bits per heavy atom. The summed E-state index contributed by atoms with van der Waals surface area (Å²) in [5.74, 6) is 0.902. The Balaban J connectivity index is 2.10. The first-order chi connectivity index (χ1) is 9.08. The maximum absolute atomic E-state index is 10.7. The van der Waals surface area contributed by atoms with E-state index in [0.717, 1.165) is 16.9 Å². The number of carbonyl (C=O) groups is 1. The number of rotatable bonds is 4. The number of halogens is 1. The molecule has 19 heavy (non-hydrogen) atoms. The van der Waals surface area contributed by atoms with Crippen LogP contribution >= 0.6 is 23.4 Å². The van der Waals surface area contributed by atoms with Crippen LogP contribution in [0.1, 0.15) is 27.0 Å². The van der Waals surface area contributed by atoms with Crippen LogP contribution in [0.25, 0.3) is 0 Å². The zero-order chi connectivity index (χ0) is 13.8. The Kier molecular flexibility index (Phi) is 4.67. The largest absolute Gasteiger partial charge is 0.298 e. The summed E-state index contributed by atoms with van der Waals surface area (Å²) in [5, 5.41) is 0.514. The number of aldehydes is 1. The van der Waals surface area contributed by atoms with E-state index in [1.165, 1.54) is 16.7 Å². The van der Waals surface area contributed by atoms with Gasteiger partial charge in [-0.3, -0.25) is 4.79 Å². The summed E-state index contributed by atoms with van der Waals surface area (Å²) in [4.78, 5) is 11.8. The van der Waals surface area contributed by atoms with Crippen molar-refractivity contribution in [2.45, 2.75) is 24.5 Å². The molecule has 0 saturated heterocycles. The Morgan fingerprint density at radius 1 is 1.11 bits per heavy atom. The summed E-state index contributed by atoms with van der Waals surface area (Å²) >= 11 is 7.74. The minimum absolute atomic E-state index is 0.514. The van der Waals surface area contributed by atoms with Gasteiger partial charge in [0.15, 0.2) is 6.29 Å². The molecule has 0 aliphatic heterocycles. The summed E-state index contributed by atoms with van der Waals surface area (Å²) in [6.07, 6.45) is 0.778. The van der Waals surface area contributed by atoms with Crippen molar-refractivity contribution >= 4 is 29.6 Å². The smallest absolute Gasteiger partial charge is 0.151 e. The van der Waals surface area contributed by atoms with E-state index >= 15 is 0 Å². The van der Waals surface area contributed by atoms with E-state index < -0.39 is 0 Å². The Morgan fingerprint density at radius 3 is 2.37 bits per heavy atom. The average Bonchev–Trinajstić information content (AvgIpc) is 2.35. The van der Waals surface area contributed by atoms with Gasteiger partial charge in [-0.25, -0.2) is 0 Å². The molecule has 0 amide bonds. The summed E-state index contributed by atoms with van der Waals surface area (Å²) < 4.78 is 0. The van der Waals surface area contributed by atoms with Gasteiger partial charge in [0.05, 0.1) is 5.02 Å². The SMILES string of the molecule is Cc1cc(C)cc(CSc2ccc(C=O)c(Cl)c2)c1. The van der Waals surface area contributed by atoms with E-state index in [0.29, 0.717) is 10.6 Å². The Labute approximate surface area is 123 Å². The van der Waals surface area contributed by atoms with Crippen molar-refractivity contribution in [2.24, 2.45) is 0 Å². The van der Waals surface area contributed by atoms with Crippen LogP contribution in [0.4, 0.5) is 0 Å². The molecule has 0 spiro atoms. The van der Waals surface area contributed by atoms with E-state index in [9.17, 15) is 4.79 Å². The number of hydrogen-bond donors (Lipinski definition) is 0. The molecular weight excluding hydrogens is 276 g/mol. The summed E-state index contributed by atoms with van der Waals surface area (Å²) in [5.41, 5.74) is 4.41. The van der Waals surface area contributed by atoms with E-state index in [-0.39, 0.29) is 0 Å². The molecule has 2 aromatic rings. The van der Waals surface area contributed by atoms with Gasteiger partial charge in [0.25, 0.3) is 0 Å². The van der Waals surface area contributed by atoms with Crippen LogP contribution in [0.5, 0.6) is 0 Å². The quantitative estimate of drug-likeness (QED) is 0.578. The number of aryl methyl sites for hydroxylation is 2. The molecule has 0 bridgehead atoms. The molecule has 0 aromatic heterocycles. The number of benzene rings is 2. The van der Waals surface area contributed by atoms with Crippen molar-refractivity contribution in [1.82, 2.24) is 0 Å². The fourth-order valence-corrected chi connectivity index (χ4v) is 3.17. The van der Waals surface area contributed by atoms with Gasteiger partial charge in [0.2, 0.25) is 0 Å². The zero-order valence-corrected chi connectivity index (χ0v) is 12.5. The molecule has 0 fully saturated rings. The molecule has 98 valence electrons. The maximum atomic E-state index is 10.7. The molecule has 2 rings (SSSR count). The number of thioether (sulfide) groups is 1. The monoisotopic (exact) mass is 290 g/mol. The number of carbonyl (C=O) groups excluding carboxylic acids is 1. The van der Waals surface area contributed by atoms with Crippen LogP contribution in [0.2, 0.25) is 5.02 Å². The van der Waals surface area contributed by atoms with Gasteiger partial charge in [0, 0.05) is 16.2 Å². The minimum atomic E-state index is 0.514. The molecule has 0 saturated carbocycles. The van der Waals surface area contributed by atoms with Crippen molar-refractivity contribution < 1.29 is 4.79 Å². The first-order valence-electron chi connectivity index (χ1n) is 6.03. The standard InChI is InChI=1S/C16H15ClOS/c1-11-5-12(2)7-13(6-11)10-19-15-4-3-14(9-18)16(17)8-15/h3-9H,10H2,1-2H3. The molecule has 0 heterocycles. The summed E-state index contributed by atoms with van der Waals surface area (Å²) in [7, 11) is 0. The van der Waals surface area contributed by atoms with Crippen LogP contribution < -0.4 is 0 Å². The third-order valence-corrected chi connectivity index (χ3v) is 4.18. The van der Waals surface area contributed by atoms with Crippen molar-refractivity contribution in [2.75, 3.05) is 0 Å². The van der Waals surface area contributed by atoms with Crippen molar-refractivity contribution in [1.29, 1.82) is 0 Å². The molecule has 0 N–H and O–H groups in total. The van der Waals surface area contributed by atoms with Crippen LogP contribution in [0, 0.1) is 13.8 Å². The highest BCUT2D eigenvalue weighted by atomic mass is 35.5.